The van der Waals surface area contributed by atoms with Crippen LogP contribution in [0.3, 0.4) is 0 Å². The number of nitrogens with zero attached hydrogens (tertiary/aromatic N) is 1. The van der Waals surface area contributed by atoms with Crippen LogP contribution in [-0.4, -0.2) is 24.3 Å². The summed E-state index contributed by atoms with van der Waals surface area (Å²) in [7, 11) is 0. The van der Waals surface area contributed by atoms with Crippen molar-refractivity contribution in [2.75, 3.05) is 13.2 Å². The molecule has 3 nitrogen and oxygen atoms in total. The van der Waals surface area contributed by atoms with Crippen LogP contribution >= 0.6 is 0 Å². The van der Waals surface area contributed by atoms with Crippen molar-refractivity contribution in [3.8, 4) is 5.75 Å². The summed E-state index contributed by atoms with van der Waals surface area (Å²) in [5.74, 6) is 0.111. The number of hydrogen-bond acceptors (Lipinski definition) is 3. The van der Waals surface area contributed by atoms with Crippen LogP contribution in [-0.2, 0) is 10.9 Å². The molecule has 0 saturated carbocycles. The van der Waals surface area contributed by atoms with Gasteiger partial charge in [0.25, 0.3) is 0 Å². The van der Waals surface area contributed by atoms with E-state index < -0.39 is 11.7 Å². The van der Waals surface area contributed by atoms with Crippen molar-refractivity contribution in [2.45, 2.75) is 12.3 Å². The Balaban J connectivity index is 2.04. The van der Waals surface area contributed by atoms with Gasteiger partial charge in [-0.25, -0.2) is 0 Å². The topological polar surface area (TPSA) is 34.6 Å². The minimum absolute atomic E-state index is 0.0135. The van der Waals surface area contributed by atoms with Gasteiger partial charge in [0.15, 0.2) is 0 Å². The lowest BCUT2D eigenvalue weighted by Gasteiger charge is -2.08. The van der Waals surface area contributed by atoms with Gasteiger partial charge in [-0.2, -0.15) is 13.2 Å². The molecule has 0 amide bonds. The first-order valence-corrected chi connectivity index (χ1v) is 4.32. The van der Waals surface area contributed by atoms with E-state index in [1.807, 2.05) is 0 Å². The highest BCUT2D eigenvalue weighted by atomic mass is 19.4. The minimum atomic E-state index is -4.39. The molecule has 0 radical (unpaired) electrons. The highest BCUT2D eigenvalue weighted by molar-refractivity contribution is 5.25. The van der Waals surface area contributed by atoms with Crippen molar-refractivity contribution in [3.05, 3.63) is 24.0 Å². The van der Waals surface area contributed by atoms with Crippen LogP contribution in [0.25, 0.3) is 0 Å². The Morgan fingerprint density at radius 1 is 1.47 bits per heavy atom. The number of aromatic nitrogens is 1. The van der Waals surface area contributed by atoms with Gasteiger partial charge in [0.2, 0.25) is 0 Å². The quantitative estimate of drug-likeness (QED) is 0.728. The Morgan fingerprint density at radius 2 is 2.20 bits per heavy atom. The standard InChI is InChI=1S/C9H8F3NO2/c10-9(11,12)6-1-7(3-13-2-6)14-4-8-5-15-8/h1-3,8H,4-5H2. The first-order chi connectivity index (χ1) is 7.05. The van der Waals surface area contributed by atoms with E-state index in [9.17, 15) is 13.2 Å². The van der Waals surface area contributed by atoms with Gasteiger partial charge in [-0.1, -0.05) is 0 Å². The van der Waals surface area contributed by atoms with E-state index in [0.29, 0.717) is 6.61 Å². The maximum Gasteiger partial charge on any atom is 0.418 e. The van der Waals surface area contributed by atoms with Crippen molar-refractivity contribution >= 4 is 0 Å². The smallest absolute Gasteiger partial charge is 0.418 e. The van der Waals surface area contributed by atoms with Gasteiger partial charge in [0, 0.05) is 6.20 Å². The van der Waals surface area contributed by atoms with Gasteiger partial charge in [-0.05, 0) is 6.07 Å². The van der Waals surface area contributed by atoms with Gasteiger partial charge in [0.05, 0.1) is 18.4 Å². The molecule has 0 N–H and O–H groups in total. The molecule has 0 bridgehead atoms. The SMILES string of the molecule is FC(F)(F)c1cncc(OCC2CO2)c1. The van der Waals surface area contributed by atoms with E-state index in [2.05, 4.69) is 4.98 Å². The maximum atomic E-state index is 12.3. The number of rotatable bonds is 3. The molecule has 1 fully saturated rings. The van der Waals surface area contributed by atoms with Crippen molar-refractivity contribution < 1.29 is 22.6 Å². The van der Waals surface area contributed by atoms with E-state index in [-0.39, 0.29) is 18.5 Å². The number of alkyl halides is 3. The van der Waals surface area contributed by atoms with Crippen LogP contribution in [0, 0.1) is 0 Å². The van der Waals surface area contributed by atoms with Gasteiger partial charge >= 0.3 is 6.18 Å². The molecule has 0 spiro atoms. The third-order valence-electron chi connectivity index (χ3n) is 1.88. The van der Waals surface area contributed by atoms with Crippen molar-refractivity contribution in [3.63, 3.8) is 0 Å². The van der Waals surface area contributed by atoms with Gasteiger partial charge in [0.1, 0.15) is 18.5 Å². The van der Waals surface area contributed by atoms with Crippen LogP contribution in [0.4, 0.5) is 13.2 Å². The van der Waals surface area contributed by atoms with Crippen molar-refractivity contribution in [1.82, 2.24) is 4.98 Å². The molecule has 1 aromatic rings. The van der Waals surface area contributed by atoms with Crippen LogP contribution in [0.2, 0.25) is 0 Å². The fourth-order valence-corrected chi connectivity index (χ4v) is 1.01. The van der Waals surface area contributed by atoms with E-state index in [1.54, 1.807) is 0 Å². The van der Waals surface area contributed by atoms with E-state index in [4.69, 9.17) is 9.47 Å². The van der Waals surface area contributed by atoms with Gasteiger partial charge in [-0.15, -0.1) is 0 Å². The zero-order valence-electron chi connectivity index (χ0n) is 7.62. The van der Waals surface area contributed by atoms with Crippen LogP contribution in [0.1, 0.15) is 5.56 Å². The summed E-state index contributed by atoms with van der Waals surface area (Å²) < 4.78 is 46.7. The average Bonchev–Trinajstić information content (AvgIpc) is 2.97. The summed E-state index contributed by atoms with van der Waals surface area (Å²) >= 11 is 0. The fraction of sp³-hybridized carbons (Fsp3) is 0.444. The minimum Gasteiger partial charge on any atom is -0.489 e. The Morgan fingerprint density at radius 3 is 2.80 bits per heavy atom. The summed E-state index contributed by atoms with van der Waals surface area (Å²) in [6, 6.07) is 0.926. The summed E-state index contributed by atoms with van der Waals surface area (Å²) in [5, 5.41) is 0. The molecule has 0 aromatic carbocycles. The zero-order valence-corrected chi connectivity index (χ0v) is 7.62. The molecule has 1 saturated heterocycles. The Hall–Kier alpha value is -1.30. The zero-order chi connectivity index (χ0) is 10.9. The molecule has 1 aromatic heterocycles. The lowest BCUT2D eigenvalue weighted by molar-refractivity contribution is -0.137. The Bertz CT molecular complexity index is 349. The number of hydrogen-bond donors (Lipinski definition) is 0. The van der Waals surface area contributed by atoms with Crippen LogP contribution in [0.15, 0.2) is 18.5 Å². The highest BCUT2D eigenvalue weighted by Gasteiger charge is 2.31. The second-order valence-electron chi connectivity index (χ2n) is 3.17. The number of epoxide rings is 1. The molecule has 82 valence electrons. The number of pyridine rings is 1. The van der Waals surface area contributed by atoms with E-state index in [1.165, 1.54) is 6.20 Å². The number of halogens is 3. The predicted octanol–water partition coefficient (Wildman–Crippen LogP) is 1.88. The van der Waals surface area contributed by atoms with E-state index in [0.717, 1.165) is 12.3 Å². The molecule has 15 heavy (non-hydrogen) atoms. The molecular weight excluding hydrogens is 211 g/mol. The summed E-state index contributed by atoms with van der Waals surface area (Å²) in [5.41, 5.74) is -0.809. The molecule has 6 heteroatoms. The molecule has 2 heterocycles. The first kappa shape index (κ1) is 10.2. The second-order valence-corrected chi connectivity index (χ2v) is 3.17. The van der Waals surface area contributed by atoms with Gasteiger partial charge < -0.3 is 9.47 Å². The lowest BCUT2D eigenvalue weighted by atomic mass is 10.3. The monoisotopic (exact) mass is 219 g/mol. The molecular formula is C9H8F3NO2. The van der Waals surface area contributed by atoms with E-state index >= 15 is 0 Å². The summed E-state index contributed by atoms with van der Waals surface area (Å²) in [6.07, 6.45) is -2.36. The normalized spacial score (nSPS) is 20.1. The molecule has 1 aliphatic rings. The summed E-state index contributed by atoms with van der Waals surface area (Å²) in [4.78, 5) is 3.46. The first-order valence-electron chi connectivity index (χ1n) is 4.32. The average molecular weight is 219 g/mol. The molecule has 1 aliphatic heterocycles. The fourth-order valence-electron chi connectivity index (χ4n) is 1.01. The highest BCUT2D eigenvalue weighted by Crippen LogP contribution is 2.30. The molecule has 0 aliphatic carbocycles. The van der Waals surface area contributed by atoms with Gasteiger partial charge in [-0.3, -0.25) is 4.98 Å². The largest absolute Gasteiger partial charge is 0.489 e. The van der Waals surface area contributed by atoms with Crippen LogP contribution < -0.4 is 4.74 Å². The third kappa shape index (κ3) is 2.82. The Labute approximate surface area is 83.8 Å². The van der Waals surface area contributed by atoms with Crippen molar-refractivity contribution in [2.24, 2.45) is 0 Å². The van der Waals surface area contributed by atoms with Crippen molar-refractivity contribution in [1.29, 1.82) is 0 Å². The number of ether oxygens (including phenoxy) is 2. The summed E-state index contributed by atoms with van der Waals surface area (Å²) in [6.45, 7) is 0.870. The third-order valence-corrected chi connectivity index (χ3v) is 1.88. The predicted molar refractivity (Wildman–Crippen MR) is 44.5 cm³/mol. The van der Waals surface area contributed by atoms with Crippen LogP contribution in [0.5, 0.6) is 5.75 Å². The molecule has 2 rings (SSSR count). The second kappa shape index (κ2) is 3.69. The lowest BCUT2D eigenvalue weighted by Crippen LogP contribution is -2.08. The molecule has 1 unspecified atom stereocenters. The maximum absolute atomic E-state index is 12.3. The molecule has 1 atom stereocenters. The Kier molecular flexibility index (Phi) is 2.52.